The fraction of sp³-hybridized carbons (Fsp3) is 0.500. The first-order chi connectivity index (χ1) is 32.7. The fourth-order valence-electron chi connectivity index (χ4n) is 9.85. The van der Waals surface area contributed by atoms with Crippen LogP contribution in [0.2, 0.25) is 0 Å². The average Bonchev–Trinajstić information content (AvgIpc) is 3.58. The summed E-state index contributed by atoms with van der Waals surface area (Å²) in [6, 6.07) is 12.8. The number of nitrogens with one attached hydrogen (secondary N) is 2. The second-order valence-corrected chi connectivity index (χ2v) is 20.1. The highest BCUT2D eigenvalue weighted by atomic mass is 16.6. The molecule has 17 heteroatoms. The van der Waals surface area contributed by atoms with Crippen LogP contribution in [0.25, 0.3) is 33.3 Å². The minimum Gasteiger partial charge on any atom is -0.508 e. The van der Waals surface area contributed by atoms with Gasteiger partial charge in [0.2, 0.25) is 23.4 Å². The van der Waals surface area contributed by atoms with Crippen LogP contribution in [0, 0.1) is 17.3 Å². The average molecular weight is 949 g/mol. The number of likely N-dealkylation sites (tertiary alicyclic amines) is 1. The number of cyclic esters (lactones) is 1. The third-order valence-electron chi connectivity index (χ3n) is 13.3. The molecule has 69 heavy (non-hydrogen) atoms. The molecule has 3 aliphatic heterocycles. The molecule has 2 saturated heterocycles. The van der Waals surface area contributed by atoms with Gasteiger partial charge in [-0.05, 0) is 98.4 Å². The molecule has 3 atom stereocenters. The molecule has 2 aromatic heterocycles. The highest BCUT2D eigenvalue weighted by Gasteiger charge is 2.46. The number of aryl methyl sites for hydroxylation is 1. The van der Waals surface area contributed by atoms with Gasteiger partial charge in [0.05, 0.1) is 30.5 Å². The first-order valence-corrected chi connectivity index (χ1v) is 23.8. The lowest BCUT2D eigenvalue weighted by Crippen LogP contribution is -2.67. The minimum absolute atomic E-state index is 0.0396. The van der Waals surface area contributed by atoms with E-state index in [1.807, 2.05) is 71.0 Å². The molecule has 4 N–H and O–H groups in total. The van der Waals surface area contributed by atoms with E-state index in [-0.39, 0.29) is 69.7 Å². The van der Waals surface area contributed by atoms with Gasteiger partial charge in [-0.1, -0.05) is 45.9 Å². The van der Waals surface area contributed by atoms with E-state index < -0.39 is 52.8 Å². The van der Waals surface area contributed by atoms with Crippen molar-refractivity contribution >= 4 is 40.5 Å². The van der Waals surface area contributed by atoms with E-state index in [0.29, 0.717) is 30.6 Å². The number of ether oxygens (including phenoxy) is 2. The van der Waals surface area contributed by atoms with Gasteiger partial charge in [0.1, 0.15) is 17.8 Å². The van der Waals surface area contributed by atoms with Crippen LogP contribution in [-0.2, 0) is 59.4 Å². The number of hydrogen-bond donors (Lipinski definition) is 4. The van der Waals surface area contributed by atoms with Crippen LogP contribution >= 0.6 is 0 Å². The smallest absolute Gasteiger partial charge is 0.355 e. The maximum Gasteiger partial charge on any atom is 0.355 e. The number of phenols is 1. The SMILES string of the molecule is CCn1c(-c2cccnc2COC)c2c3cc(ccc31)-c1cc(O)cc(c1)C[C@H](NC(=O)[C@H](C(C)C)N(C)C(=O)C1CN(C(=O)/C=C/CN(C)C)C1)C(=O)N1CCC[C@@](O)(N1)C(=O)OCC(C)(C)C2. The van der Waals surface area contributed by atoms with Crippen molar-refractivity contribution in [1.29, 1.82) is 0 Å². The Hall–Kier alpha value is -6.14. The standard InChI is InChI=1S/C52H68N8O9/c1-10-59-43-17-16-34-26-39(43)40(46(59)38-14-11-19-53-42(38)30-68-9)27-51(4,5)31-69-50(66)52(67)18-13-21-60(55-52)49(65)41(24-33-22-35(34)25-37(61)23-33)54-47(63)45(32(2)3)57(8)48(64)36-28-58(29-36)44(62)15-12-20-56(6)7/h11-12,14-17,19,22-23,25-26,32,36,41,45,55,61,67H,10,13,18,20-21,24,27-31H2,1-9H3,(H,54,63)/b15-12+/t41-,45-,52-/m0/s1. The number of aromatic hydroxyl groups is 1. The summed E-state index contributed by atoms with van der Waals surface area (Å²) in [6.07, 6.45) is 5.56. The predicted octanol–water partition coefficient (Wildman–Crippen LogP) is 4.27. The summed E-state index contributed by atoms with van der Waals surface area (Å²) in [5, 5.41) is 28.2. The Morgan fingerprint density at radius 3 is 2.52 bits per heavy atom. The van der Waals surface area contributed by atoms with Crippen molar-refractivity contribution in [2.24, 2.45) is 17.3 Å². The van der Waals surface area contributed by atoms with Crippen LogP contribution in [0.15, 0.2) is 66.9 Å². The Balaban J connectivity index is 1.26. The number of amides is 4. The maximum absolute atomic E-state index is 14.8. The molecule has 0 unspecified atom stereocenters. The van der Waals surface area contributed by atoms with Crippen molar-refractivity contribution in [2.45, 2.75) is 91.3 Å². The number of benzene rings is 2. The summed E-state index contributed by atoms with van der Waals surface area (Å²) in [4.78, 5) is 79.5. The molecule has 4 aromatic rings. The monoisotopic (exact) mass is 949 g/mol. The number of esters is 1. The molecule has 370 valence electrons. The first kappa shape index (κ1) is 50.7. The number of hydrogen-bond acceptors (Lipinski definition) is 12. The van der Waals surface area contributed by atoms with Gasteiger partial charge >= 0.3 is 5.97 Å². The number of aliphatic hydroxyl groups is 1. The van der Waals surface area contributed by atoms with Gasteiger partial charge in [-0.2, -0.15) is 5.43 Å². The van der Waals surface area contributed by atoms with E-state index in [9.17, 15) is 34.2 Å². The number of phenolic OH excluding ortho intramolecular Hbond substituents is 1. The molecule has 0 saturated carbocycles. The molecule has 5 heterocycles. The van der Waals surface area contributed by atoms with Gasteiger partial charge in [-0.25, -0.2) is 4.79 Å². The summed E-state index contributed by atoms with van der Waals surface area (Å²) in [7, 11) is 6.98. The van der Waals surface area contributed by atoms with E-state index in [0.717, 1.165) is 44.0 Å². The number of methoxy groups -OCH3 is 1. The molecule has 0 spiro atoms. The number of rotatable bonds is 12. The molecule has 17 nitrogen and oxygen atoms in total. The largest absolute Gasteiger partial charge is 0.508 e. The molecule has 7 rings (SSSR count). The number of carbonyl (C=O) groups is 5. The lowest BCUT2D eigenvalue weighted by molar-refractivity contribution is -0.189. The van der Waals surface area contributed by atoms with Crippen LogP contribution in [0.1, 0.15) is 64.3 Å². The number of carbonyl (C=O) groups excluding carboxylic acids is 5. The maximum atomic E-state index is 14.8. The zero-order chi connectivity index (χ0) is 49.9. The predicted molar refractivity (Wildman–Crippen MR) is 261 cm³/mol. The molecule has 4 amide bonds. The topological polar surface area (TPSA) is 199 Å². The number of pyridine rings is 1. The van der Waals surface area contributed by atoms with E-state index in [1.165, 1.54) is 11.0 Å². The molecule has 3 aliphatic rings. The highest BCUT2D eigenvalue weighted by molar-refractivity contribution is 5.96. The zero-order valence-electron chi connectivity index (χ0n) is 41.4. The van der Waals surface area contributed by atoms with Gasteiger partial charge in [0.25, 0.3) is 5.91 Å². The Labute approximate surface area is 404 Å². The Morgan fingerprint density at radius 2 is 1.83 bits per heavy atom. The van der Waals surface area contributed by atoms with Crippen LogP contribution < -0.4 is 10.7 Å². The summed E-state index contributed by atoms with van der Waals surface area (Å²) < 4.78 is 13.8. The van der Waals surface area contributed by atoms with Crippen LogP contribution in [0.5, 0.6) is 5.75 Å². The van der Waals surface area contributed by atoms with Gasteiger partial charge < -0.3 is 44.3 Å². The van der Waals surface area contributed by atoms with Crippen LogP contribution in [0.3, 0.4) is 0 Å². The lowest BCUT2D eigenvalue weighted by atomic mass is 9.84. The van der Waals surface area contributed by atoms with Crippen LogP contribution in [-0.4, -0.2) is 148 Å². The van der Waals surface area contributed by atoms with E-state index in [1.54, 1.807) is 43.5 Å². The molecule has 2 fully saturated rings. The van der Waals surface area contributed by atoms with Crippen molar-refractivity contribution in [3.8, 4) is 28.1 Å². The van der Waals surface area contributed by atoms with Crippen molar-refractivity contribution in [3.63, 3.8) is 0 Å². The molecule has 6 bridgehead atoms. The molecular weight excluding hydrogens is 881 g/mol. The van der Waals surface area contributed by atoms with Crippen molar-refractivity contribution in [1.82, 2.24) is 40.0 Å². The summed E-state index contributed by atoms with van der Waals surface area (Å²) in [5.41, 5.74) is 6.40. The third kappa shape index (κ3) is 11.0. The van der Waals surface area contributed by atoms with Gasteiger partial charge in [-0.3, -0.25) is 29.2 Å². The minimum atomic E-state index is -2.27. The summed E-state index contributed by atoms with van der Waals surface area (Å²) in [5.74, 6) is -3.63. The van der Waals surface area contributed by atoms with Gasteiger partial charge in [0, 0.05) is 93.9 Å². The third-order valence-corrected chi connectivity index (χ3v) is 13.3. The van der Waals surface area contributed by atoms with Crippen molar-refractivity contribution < 1.29 is 43.7 Å². The van der Waals surface area contributed by atoms with E-state index >= 15 is 0 Å². The Kier molecular flexibility index (Phi) is 15.3. The first-order valence-electron chi connectivity index (χ1n) is 23.8. The van der Waals surface area contributed by atoms with Crippen molar-refractivity contribution in [2.75, 3.05) is 61.0 Å². The lowest BCUT2D eigenvalue weighted by Gasteiger charge is -2.42. The molecular formula is C52H68N8O9. The second-order valence-electron chi connectivity index (χ2n) is 20.1. The molecule has 0 aliphatic carbocycles. The fourth-order valence-corrected chi connectivity index (χ4v) is 9.85. The highest BCUT2D eigenvalue weighted by Crippen LogP contribution is 2.41. The summed E-state index contributed by atoms with van der Waals surface area (Å²) >= 11 is 0. The summed E-state index contributed by atoms with van der Waals surface area (Å²) in [6.45, 7) is 11.7. The Bertz CT molecular complexity index is 2620. The zero-order valence-corrected chi connectivity index (χ0v) is 41.4. The van der Waals surface area contributed by atoms with Crippen LogP contribution in [0.4, 0.5) is 0 Å². The number of nitrogens with zero attached hydrogens (tertiary/aromatic N) is 6. The molecule has 2 aromatic carbocycles. The second kappa shape index (κ2) is 20.8. The number of aromatic nitrogens is 2. The normalized spacial score (nSPS) is 20.5. The van der Waals surface area contributed by atoms with Gasteiger partial charge in [-0.15, -0.1) is 0 Å². The molecule has 0 radical (unpaired) electrons. The number of likely N-dealkylation sites (N-methyl/N-ethyl adjacent to an activating group) is 2. The number of fused-ring (bicyclic) bond motifs is 6. The number of hydrazine groups is 1. The van der Waals surface area contributed by atoms with Gasteiger partial charge in [0.15, 0.2) is 0 Å². The quantitative estimate of drug-likeness (QED) is 0.116. The van der Waals surface area contributed by atoms with E-state index in [2.05, 4.69) is 34.4 Å². The van der Waals surface area contributed by atoms with E-state index in [4.69, 9.17) is 14.5 Å². The van der Waals surface area contributed by atoms with Crippen molar-refractivity contribution in [3.05, 3.63) is 83.7 Å². The Morgan fingerprint density at radius 1 is 1.07 bits per heavy atom.